The lowest BCUT2D eigenvalue weighted by Gasteiger charge is -1.95. The van der Waals surface area contributed by atoms with Gasteiger partial charge in [-0.2, -0.15) is 5.26 Å². The summed E-state index contributed by atoms with van der Waals surface area (Å²) in [6.07, 6.45) is 4.42. The zero-order chi connectivity index (χ0) is 9.52. The second kappa shape index (κ2) is 5.00. The molecular formula is C11H11NO. The molecule has 0 aliphatic carbocycles. The molecule has 1 aromatic carbocycles. The number of nitriles is 1. The third-order valence-corrected chi connectivity index (χ3v) is 1.67. The van der Waals surface area contributed by atoms with Crippen LogP contribution in [0.15, 0.2) is 36.6 Å². The maximum Gasteiger partial charge on any atom is 0.0991 e. The minimum atomic E-state index is 0.694. The van der Waals surface area contributed by atoms with Gasteiger partial charge in [-0.15, -0.1) is 0 Å². The minimum Gasteiger partial charge on any atom is -0.505 e. The van der Waals surface area contributed by atoms with E-state index in [4.69, 9.17) is 10.00 Å². The van der Waals surface area contributed by atoms with Crippen molar-refractivity contribution in [3.8, 4) is 6.07 Å². The van der Waals surface area contributed by atoms with Gasteiger partial charge in [0.25, 0.3) is 0 Å². The molecular weight excluding hydrogens is 162 g/mol. The van der Waals surface area contributed by atoms with E-state index in [-0.39, 0.29) is 0 Å². The number of methoxy groups -OCH3 is 1. The quantitative estimate of drug-likeness (QED) is 0.657. The second-order valence-electron chi connectivity index (χ2n) is 2.62. The summed E-state index contributed by atoms with van der Waals surface area (Å²) in [4.78, 5) is 0. The zero-order valence-corrected chi connectivity index (χ0v) is 7.53. The lowest BCUT2D eigenvalue weighted by atomic mass is 10.1. The van der Waals surface area contributed by atoms with E-state index in [1.807, 2.05) is 30.3 Å². The fraction of sp³-hybridized carbons (Fsp3) is 0.182. The SMILES string of the molecule is CO/C=C/Cc1ccc(C#N)cc1. The van der Waals surface area contributed by atoms with Gasteiger partial charge in [0.15, 0.2) is 0 Å². The fourth-order valence-corrected chi connectivity index (χ4v) is 0.996. The predicted octanol–water partition coefficient (Wildman–Crippen LogP) is 2.26. The van der Waals surface area contributed by atoms with Gasteiger partial charge in [-0.05, 0) is 30.2 Å². The highest BCUT2D eigenvalue weighted by Crippen LogP contribution is 2.04. The van der Waals surface area contributed by atoms with Crippen molar-refractivity contribution in [1.29, 1.82) is 5.26 Å². The largest absolute Gasteiger partial charge is 0.505 e. The third-order valence-electron chi connectivity index (χ3n) is 1.67. The molecule has 1 rings (SSSR count). The van der Waals surface area contributed by atoms with Crippen LogP contribution < -0.4 is 0 Å². The number of benzene rings is 1. The van der Waals surface area contributed by atoms with Gasteiger partial charge in [-0.3, -0.25) is 0 Å². The summed E-state index contributed by atoms with van der Waals surface area (Å²) in [5.74, 6) is 0. The van der Waals surface area contributed by atoms with E-state index < -0.39 is 0 Å². The van der Waals surface area contributed by atoms with Crippen molar-refractivity contribution in [3.63, 3.8) is 0 Å². The molecule has 0 aliphatic heterocycles. The monoisotopic (exact) mass is 173 g/mol. The van der Waals surface area contributed by atoms with E-state index in [0.717, 1.165) is 6.42 Å². The molecule has 0 saturated carbocycles. The lowest BCUT2D eigenvalue weighted by molar-refractivity contribution is 0.337. The summed E-state index contributed by atoms with van der Waals surface area (Å²) >= 11 is 0. The molecule has 0 fully saturated rings. The van der Waals surface area contributed by atoms with Crippen LogP contribution in [0.4, 0.5) is 0 Å². The van der Waals surface area contributed by atoms with Crippen LogP contribution in [0.1, 0.15) is 11.1 Å². The summed E-state index contributed by atoms with van der Waals surface area (Å²) in [5.41, 5.74) is 1.87. The van der Waals surface area contributed by atoms with Crippen molar-refractivity contribution in [2.24, 2.45) is 0 Å². The van der Waals surface area contributed by atoms with Crippen molar-refractivity contribution >= 4 is 0 Å². The molecule has 0 spiro atoms. The number of nitrogens with zero attached hydrogens (tertiary/aromatic N) is 1. The zero-order valence-electron chi connectivity index (χ0n) is 7.53. The van der Waals surface area contributed by atoms with Gasteiger partial charge >= 0.3 is 0 Å². The van der Waals surface area contributed by atoms with E-state index in [1.54, 1.807) is 13.4 Å². The molecule has 0 radical (unpaired) electrons. The van der Waals surface area contributed by atoms with Crippen LogP contribution in [0.5, 0.6) is 0 Å². The van der Waals surface area contributed by atoms with Gasteiger partial charge in [-0.1, -0.05) is 12.1 Å². The molecule has 0 aliphatic rings. The van der Waals surface area contributed by atoms with Crippen molar-refractivity contribution < 1.29 is 4.74 Å². The average molecular weight is 173 g/mol. The summed E-state index contributed by atoms with van der Waals surface area (Å²) in [6.45, 7) is 0. The summed E-state index contributed by atoms with van der Waals surface area (Å²) in [6, 6.07) is 9.60. The summed E-state index contributed by atoms with van der Waals surface area (Å²) < 4.78 is 4.78. The van der Waals surface area contributed by atoms with E-state index in [2.05, 4.69) is 6.07 Å². The highest BCUT2D eigenvalue weighted by atomic mass is 16.5. The Morgan fingerprint density at radius 2 is 2.08 bits per heavy atom. The van der Waals surface area contributed by atoms with Crippen LogP contribution in [-0.2, 0) is 11.2 Å². The first-order valence-corrected chi connectivity index (χ1v) is 4.03. The molecule has 0 N–H and O–H groups in total. The smallest absolute Gasteiger partial charge is 0.0991 e. The number of rotatable bonds is 3. The molecule has 13 heavy (non-hydrogen) atoms. The van der Waals surface area contributed by atoms with Crippen LogP contribution in [-0.4, -0.2) is 7.11 Å². The lowest BCUT2D eigenvalue weighted by Crippen LogP contribution is -1.81. The van der Waals surface area contributed by atoms with Crippen molar-refractivity contribution in [1.82, 2.24) is 0 Å². The molecule has 0 amide bonds. The number of hydrogen-bond acceptors (Lipinski definition) is 2. The van der Waals surface area contributed by atoms with Gasteiger partial charge in [0.2, 0.25) is 0 Å². The molecule has 1 aromatic rings. The molecule has 0 saturated heterocycles. The Morgan fingerprint density at radius 1 is 1.38 bits per heavy atom. The fourth-order valence-electron chi connectivity index (χ4n) is 0.996. The van der Waals surface area contributed by atoms with Gasteiger partial charge in [0.1, 0.15) is 0 Å². The van der Waals surface area contributed by atoms with Crippen LogP contribution >= 0.6 is 0 Å². The van der Waals surface area contributed by atoms with Crippen molar-refractivity contribution in [3.05, 3.63) is 47.7 Å². The van der Waals surface area contributed by atoms with E-state index in [0.29, 0.717) is 5.56 Å². The first kappa shape index (κ1) is 9.34. The number of ether oxygens (including phenoxy) is 1. The first-order chi connectivity index (χ1) is 6.36. The summed E-state index contributed by atoms with van der Waals surface area (Å²) in [5, 5.41) is 8.56. The van der Waals surface area contributed by atoms with E-state index in [1.165, 1.54) is 5.56 Å². The Bertz CT molecular complexity index is 319. The average Bonchev–Trinajstić information content (AvgIpc) is 2.19. The predicted molar refractivity (Wildman–Crippen MR) is 51.0 cm³/mol. The van der Waals surface area contributed by atoms with Crippen LogP contribution in [0, 0.1) is 11.3 Å². The molecule has 0 atom stereocenters. The van der Waals surface area contributed by atoms with E-state index >= 15 is 0 Å². The molecule has 66 valence electrons. The van der Waals surface area contributed by atoms with Gasteiger partial charge < -0.3 is 4.74 Å². The molecule has 0 heterocycles. The Balaban J connectivity index is 2.60. The van der Waals surface area contributed by atoms with Gasteiger partial charge in [-0.25, -0.2) is 0 Å². The highest BCUT2D eigenvalue weighted by Gasteiger charge is 1.90. The minimum absolute atomic E-state index is 0.694. The standard InChI is InChI=1S/C11H11NO/c1-13-8-2-3-10-4-6-11(9-12)7-5-10/h2,4-8H,3H2,1H3/b8-2+. The third kappa shape index (κ3) is 3.00. The Morgan fingerprint density at radius 3 is 2.62 bits per heavy atom. The van der Waals surface area contributed by atoms with Gasteiger partial charge in [0.05, 0.1) is 25.0 Å². The molecule has 0 unspecified atom stereocenters. The molecule has 0 aromatic heterocycles. The number of allylic oxidation sites excluding steroid dienone is 1. The number of hydrogen-bond donors (Lipinski definition) is 0. The maximum atomic E-state index is 8.56. The van der Waals surface area contributed by atoms with Crippen molar-refractivity contribution in [2.75, 3.05) is 7.11 Å². The van der Waals surface area contributed by atoms with Crippen LogP contribution in [0.25, 0.3) is 0 Å². The van der Waals surface area contributed by atoms with Crippen LogP contribution in [0.2, 0.25) is 0 Å². The second-order valence-corrected chi connectivity index (χ2v) is 2.62. The Labute approximate surface area is 78.1 Å². The Kier molecular flexibility index (Phi) is 3.59. The Hall–Kier alpha value is -1.75. The topological polar surface area (TPSA) is 33.0 Å². The van der Waals surface area contributed by atoms with Crippen molar-refractivity contribution in [2.45, 2.75) is 6.42 Å². The normalized spacial score (nSPS) is 9.85. The molecule has 0 bridgehead atoms. The molecule has 2 heteroatoms. The van der Waals surface area contributed by atoms with Gasteiger partial charge in [0, 0.05) is 0 Å². The highest BCUT2D eigenvalue weighted by molar-refractivity contribution is 5.32. The van der Waals surface area contributed by atoms with E-state index in [9.17, 15) is 0 Å². The molecule has 2 nitrogen and oxygen atoms in total. The van der Waals surface area contributed by atoms with Crippen LogP contribution in [0.3, 0.4) is 0 Å². The summed E-state index contributed by atoms with van der Waals surface area (Å²) in [7, 11) is 1.62. The first-order valence-electron chi connectivity index (χ1n) is 4.03. The maximum absolute atomic E-state index is 8.56.